The first-order chi connectivity index (χ1) is 25.3. The average molecular weight is 735 g/mol. The van der Waals surface area contributed by atoms with Crippen LogP contribution in [0, 0.1) is 47.2 Å². The number of aryl methyl sites for hydroxylation is 2. The van der Waals surface area contributed by atoms with Crippen LogP contribution in [0.1, 0.15) is 66.7 Å². The third-order valence-electron chi connectivity index (χ3n) is 11.4. The molecule has 0 unspecified atom stereocenters. The Bertz CT molecular complexity index is 2380. The number of nitrogens with one attached hydrogen (secondary N) is 1. The predicted molar refractivity (Wildman–Crippen MR) is 195 cm³/mol. The number of hydrogen-bond donors (Lipinski definition) is 1. The van der Waals surface area contributed by atoms with Gasteiger partial charge in [-0.15, -0.1) is 0 Å². The van der Waals surface area contributed by atoms with E-state index in [2.05, 4.69) is 33.1 Å². The topological polar surface area (TPSA) is 120 Å². The van der Waals surface area contributed by atoms with Crippen LogP contribution in [-0.4, -0.2) is 50.6 Å². The van der Waals surface area contributed by atoms with Gasteiger partial charge in [0, 0.05) is 70.8 Å². The van der Waals surface area contributed by atoms with E-state index in [9.17, 15) is 15.3 Å². The van der Waals surface area contributed by atoms with E-state index in [1.807, 2.05) is 17.9 Å². The molecule has 5 aliphatic rings. The van der Waals surface area contributed by atoms with Gasteiger partial charge in [-0.3, -0.25) is 9.78 Å². The van der Waals surface area contributed by atoms with Crippen molar-refractivity contribution in [2.45, 2.75) is 69.7 Å². The molecule has 5 fully saturated rings. The molecule has 2 aliphatic carbocycles. The minimum atomic E-state index is -0.506. The Hall–Kier alpha value is -4.74. The monoisotopic (exact) mass is 733 g/mol. The van der Waals surface area contributed by atoms with Gasteiger partial charge >= 0.3 is 0 Å². The molecule has 262 valence electrons. The number of carbonyl (C=O) groups is 1. The summed E-state index contributed by atoms with van der Waals surface area (Å²) < 4.78 is 26.0. The fourth-order valence-electron chi connectivity index (χ4n) is 8.82. The Morgan fingerprint density at radius 2 is 2.00 bits per heavy atom. The second-order valence-electron chi connectivity index (χ2n) is 14.5. The van der Waals surface area contributed by atoms with Gasteiger partial charge in [-0.25, -0.2) is 9.37 Å². The van der Waals surface area contributed by atoms with Crippen LogP contribution < -0.4 is 10.1 Å². The molecule has 3 aliphatic heterocycles. The summed E-state index contributed by atoms with van der Waals surface area (Å²) in [5, 5.41) is 25.1. The second kappa shape index (κ2) is 12.7. The highest BCUT2D eigenvalue weighted by Crippen LogP contribution is 2.51. The maximum Gasteiger partial charge on any atom is 0.226 e. The number of benzene rings is 2. The van der Waals surface area contributed by atoms with Crippen molar-refractivity contribution in [2.24, 2.45) is 11.8 Å². The summed E-state index contributed by atoms with van der Waals surface area (Å²) in [6, 6.07) is 15.3. The number of hydrogen-bond acceptors (Lipinski definition) is 7. The highest BCUT2D eigenvalue weighted by atomic mass is 35.5. The number of ether oxygens (including phenoxy) is 1. The van der Waals surface area contributed by atoms with Crippen molar-refractivity contribution in [3.63, 3.8) is 0 Å². The Balaban J connectivity index is 1.26. The molecule has 12 heteroatoms. The summed E-state index contributed by atoms with van der Waals surface area (Å²) in [6.45, 7) is 3.17. The van der Waals surface area contributed by atoms with Crippen LogP contribution >= 0.6 is 23.2 Å². The van der Waals surface area contributed by atoms with Crippen LogP contribution in [0.3, 0.4) is 0 Å². The van der Waals surface area contributed by atoms with Gasteiger partial charge in [0.15, 0.2) is 11.6 Å². The van der Waals surface area contributed by atoms with Crippen molar-refractivity contribution in [3.05, 3.63) is 87.2 Å². The molecule has 10 rings (SSSR count). The van der Waals surface area contributed by atoms with E-state index >= 15 is 4.39 Å². The lowest BCUT2D eigenvalue weighted by atomic mass is 9.79. The summed E-state index contributed by atoms with van der Waals surface area (Å²) in [4.78, 5) is 25.0. The van der Waals surface area contributed by atoms with Crippen molar-refractivity contribution in [2.75, 3.05) is 13.1 Å². The van der Waals surface area contributed by atoms with Crippen LogP contribution in [0.2, 0.25) is 10.0 Å². The van der Waals surface area contributed by atoms with Gasteiger partial charge in [0.25, 0.3) is 0 Å². The Morgan fingerprint density at radius 3 is 2.73 bits per heavy atom. The van der Waals surface area contributed by atoms with Crippen LogP contribution in [-0.2, 0) is 11.2 Å². The van der Waals surface area contributed by atoms with Crippen LogP contribution in [0.5, 0.6) is 5.75 Å². The molecule has 2 saturated carbocycles. The average Bonchev–Trinajstić information content (AvgIpc) is 3.43. The molecule has 52 heavy (non-hydrogen) atoms. The number of nitriles is 2. The summed E-state index contributed by atoms with van der Waals surface area (Å²) in [5.74, 6) is 0.379. The van der Waals surface area contributed by atoms with Gasteiger partial charge in [-0.05, 0) is 68.4 Å². The van der Waals surface area contributed by atoms with E-state index in [1.165, 1.54) is 0 Å². The van der Waals surface area contributed by atoms with Crippen molar-refractivity contribution < 1.29 is 13.9 Å². The quantitative estimate of drug-likeness (QED) is 0.172. The molecule has 0 spiro atoms. The normalized spacial score (nSPS) is 23.5. The first-order valence-electron chi connectivity index (χ1n) is 17.8. The molecule has 3 saturated heterocycles. The Labute approximate surface area is 309 Å². The highest BCUT2D eigenvalue weighted by molar-refractivity contribution is 6.43. The number of fused-ring (bicyclic) bond motifs is 4. The zero-order chi connectivity index (χ0) is 35.8. The molecule has 5 atom stereocenters. The zero-order valence-electron chi connectivity index (χ0n) is 28.4. The number of rotatable bonds is 8. The number of carbonyl (C=O) groups excluding carboxylic acids is 1. The predicted octanol–water partition coefficient (Wildman–Crippen LogP) is 8.00. The Kier molecular flexibility index (Phi) is 8.11. The SMILES string of the molecule is Cc1nc2c(F)c(-c3cccc(Cl)c3Cl)c(CCC#N)cc2c2c1cc([C@H]1C[C@H](Oc3cnccc3C#N)CN1C(=O)C1CC1)n2[C@H]1[C@H]2CN[C@@H]1C2. The van der Waals surface area contributed by atoms with Gasteiger partial charge < -0.3 is 19.5 Å². The summed E-state index contributed by atoms with van der Waals surface area (Å²) in [6.07, 6.45) is 6.56. The van der Waals surface area contributed by atoms with Gasteiger partial charge in [0.1, 0.15) is 17.7 Å². The molecule has 3 aromatic heterocycles. The number of pyridine rings is 2. The molecule has 9 nitrogen and oxygen atoms in total. The smallest absolute Gasteiger partial charge is 0.226 e. The van der Waals surface area contributed by atoms with Gasteiger partial charge in [-0.1, -0.05) is 35.3 Å². The van der Waals surface area contributed by atoms with Crippen molar-refractivity contribution in [3.8, 4) is 29.0 Å². The van der Waals surface area contributed by atoms with Gasteiger partial charge in [-0.2, -0.15) is 10.5 Å². The van der Waals surface area contributed by atoms with E-state index in [1.54, 1.807) is 36.7 Å². The van der Waals surface area contributed by atoms with Crippen LogP contribution in [0.25, 0.3) is 32.9 Å². The third kappa shape index (κ3) is 5.23. The fourth-order valence-corrected chi connectivity index (χ4v) is 9.21. The summed E-state index contributed by atoms with van der Waals surface area (Å²) >= 11 is 13.1. The number of aromatic nitrogens is 3. The first kappa shape index (κ1) is 33.1. The molecule has 1 amide bonds. The fraction of sp³-hybridized carbons (Fsp3) is 0.375. The van der Waals surface area contributed by atoms with E-state index < -0.39 is 5.82 Å². The minimum absolute atomic E-state index is 0.00792. The lowest BCUT2D eigenvalue weighted by Crippen LogP contribution is -2.41. The molecule has 5 aromatic rings. The third-order valence-corrected chi connectivity index (χ3v) is 12.3. The van der Waals surface area contributed by atoms with E-state index in [4.69, 9.17) is 32.9 Å². The largest absolute Gasteiger partial charge is 0.485 e. The number of nitrogens with zero attached hydrogens (tertiary/aromatic N) is 6. The Morgan fingerprint density at radius 1 is 1.15 bits per heavy atom. The highest BCUT2D eigenvalue weighted by Gasteiger charge is 2.51. The lowest BCUT2D eigenvalue weighted by molar-refractivity contribution is -0.133. The molecule has 1 N–H and O–H groups in total. The van der Waals surface area contributed by atoms with Crippen molar-refractivity contribution in [1.82, 2.24) is 24.8 Å². The molecular formula is C40H34Cl2FN7O2. The van der Waals surface area contributed by atoms with Crippen molar-refractivity contribution >= 4 is 50.9 Å². The molecule has 6 heterocycles. The first-order valence-corrected chi connectivity index (χ1v) is 18.5. The zero-order valence-corrected chi connectivity index (χ0v) is 29.9. The summed E-state index contributed by atoms with van der Waals surface area (Å²) in [7, 11) is 0. The van der Waals surface area contributed by atoms with Gasteiger partial charge in [0.2, 0.25) is 5.91 Å². The summed E-state index contributed by atoms with van der Waals surface area (Å²) in [5.41, 5.74) is 4.55. The van der Waals surface area contributed by atoms with Crippen LogP contribution in [0.4, 0.5) is 4.39 Å². The van der Waals surface area contributed by atoms with E-state index in [0.29, 0.717) is 69.4 Å². The van der Waals surface area contributed by atoms with E-state index in [-0.39, 0.29) is 53.0 Å². The lowest BCUT2D eigenvalue weighted by Gasteiger charge is -2.39. The van der Waals surface area contributed by atoms with E-state index in [0.717, 1.165) is 42.4 Å². The maximum atomic E-state index is 17.2. The standard InChI is InChI=1S/C40H34Cl2FN7O2/c1-20-27-15-32(31-14-25(19-49(31)40(51)21-7-8-21)52-33-18-46-11-9-23(33)16-45)50(38-24-13-30(38)47-17-24)39(27)28-12-22(4-3-10-44)34(36(43)37(28)48-20)26-5-2-6-29(41)35(26)42/h2,5-6,9,11-12,15,18,21,24-25,30-31,38,47H,3-4,7-8,13-14,17,19H2,1H3/t24-,25+,30-,31-,38+/m1/s1. The number of likely N-dealkylation sites (tertiary alicyclic amines) is 1. The minimum Gasteiger partial charge on any atom is -0.485 e. The molecule has 2 bridgehead atoms. The molecular weight excluding hydrogens is 700 g/mol. The number of halogens is 3. The molecule has 0 radical (unpaired) electrons. The number of amides is 1. The maximum absolute atomic E-state index is 17.2. The van der Waals surface area contributed by atoms with Crippen molar-refractivity contribution in [1.29, 1.82) is 10.5 Å². The molecule has 2 aromatic carbocycles. The van der Waals surface area contributed by atoms with Gasteiger partial charge in [0.05, 0.1) is 52.0 Å². The van der Waals surface area contributed by atoms with Crippen LogP contribution in [0.15, 0.2) is 48.8 Å². The second-order valence-corrected chi connectivity index (χ2v) is 15.3.